The first kappa shape index (κ1) is 13.3. The van der Waals surface area contributed by atoms with Crippen molar-refractivity contribution in [1.82, 2.24) is 0 Å². The van der Waals surface area contributed by atoms with E-state index in [0.29, 0.717) is 0 Å². The summed E-state index contributed by atoms with van der Waals surface area (Å²) in [6.45, 7) is -0.713. The molecule has 0 amide bonds. The third-order valence-electron chi connectivity index (χ3n) is 3.30. The van der Waals surface area contributed by atoms with Crippen molar-refractivity contribution in [3.05, 3.63) is 35.4 Å². The zero-order valence-electron chi connectivity index (χ0n) is 9.27. The van der Waals surface area contributed by atoms with Crippen LogP contribution in [0.4, 0.5) is 22.0 Å². The molecular formula is C12H11F5O. The summed E-state index contributed by atoms with van der Waals surface area (Å²) in [5.74, 6) is -3.00. The topological polar surface area (TPSA) is 20.2 Å². The van der Waals surface area contributed by atoms with Crippen molar-refractivity contribution in [3.8, 4) is 0 Å². The van der Waals surface area contributed by atoms with Gasteiger partial charge in [-0.05, 0) is 11.6 Å². The van der Waals surface area contributed by atoms with E-state index in [1.54, 1.807) is 0 Å². The number of rotatable bonds is 2. The summed E-state index contributed by atoms with van der Waals surface area (Å²) < 4.78 is 64.3. The third-order valence-corrected chi connectivity index (χ3v) is 3.30. The Kier molecular flexibility index (Phi) is 2.88. The molecule has 0 radical (unpaired) electrons. The molecular weight excluding hydrogens is 255 g/mol. The minimum absolute atomic E-state index is 0.245. The molecule has 6 heteroatoms. The molecule has 0 spiro atoms. The van der Waals surface area contributed by atoms with Gasteiger partial charge in [0.2, 0.25) is 5.92 Å². The molecule has 1 aliphatic rings. The highest BCUT2D eigenvalue weighted by Crippen LogP contribution is 2.55. The Morgan fingerprint density at radius 2 is 1.67 bits per heavy atom. The van der Waals surface area contributed by atoms with Crippen LogP contribution in [0.1, 0.15) is 24.0 Å². The van der Waals surface area contributed by atoms with Crippen molar-refractivity contribution in [2.45, 2.75) is 30.4 Å². The number of aliphatic hydroxyl groups excluding tert-OH is 1. The Hall–Kier alpha value is -1.17. The molecule has 0 aromatic heterocycles. The molecule has 0 bridgehead atoms. The van der Waals surface area contributed by atoms with Crippen LogP contribution in [-0.2, 0) is 11.6 Å². The van der Waals surface area contributed by atoms with Gasteiger partial charge in [0.25, 0.3) is 0 Å². The maximum atomic E-state index is 12.9. The largest absolute Gasteiger partial charge is 0.416 e. The van der Waals surface area contributed by atoms with Crippen LogP contribution < -0.4 is 0 Å². The molecule has 18 heavy (non-hydrogen) atoms. The first-order valence-corrected chi connectivity index (χ1v) is 5.36. The van der Waals surface area contributed by atoms with Crippen LogP contribution in [-0.4, -0.2) is 17.6 Å². The minimum atomic E-state index is -4.61. The van der Waals surface area contributed by atoms with E-state index in [4.69, 9.17) is 0 Å². The quantitative estimate of drug-likeness (QED) is 0.814. The summed E-state index contributed by atoms with van der Waals surface area (Å²) >= 11 is 0. The predicted octanol–water partition coefficient (Wildman–Crippen LogP) is 3.36. The van der Waals surface area contributed by atoms with E-state index in [2.05, 4.69) is 0 Å². The molecule has 100 valence electrons. The van der Waals surface area contributed by atoms with Gasteiger partial charge in [-0.15, -0.1) is 0 Å². The third kappa shape index (κ3) is 2.09. The Balaban J connectivity index is 2.45. The monoisotopic (exact) mass is 266 g/mol. The van der Waals surface area contributed by atoms with Crippen molar-refractivity contribution in [2.24, 2.45) is 0 Å². The molecule has 0 aliphatic heterocycles. The summed E-state index contributed by atoms with van der Waals surface area (Å²) in [6, 6.07) is 4.57. The molecule has 1 aliphatic carbocycles. The van der Waals surface area contributed by atoms with Crippen LogP contribution in [0, 0.1) is 0 Å². The fourth-order valence-electron chi connectivity index (χ4n) is 2.52. The van der Waals surface area contributed by atoms with Crippen LogP contribution in [0.2, 0.25) is 0 Å². The normalized spacial score (nSPS) is 21.4. The van der Waals surface area contributed by atoms with Gasteiger partial charge in [0, 0.05) is 18.3 Å². The van der Waals surface area contributed by atoms with Gasteiger partial charge in [-0.25, -0.2) is 8.78 Å². The average Bonchev–Trinajstić information content (AvgIpc) is 2.24. The SMILES string of the molecule is OCC1(c2ccccc2C(F)(F)F)CC(F)(F)C1. The van der Waals surface area contributed by atoms with Crippen LogP contribution in [0.25, 0.3) is 0 Å². The Bertz CT molecular complexity index is 444. The number of halogens is 5. The maximum absolute atomic E-state index is 12.9. The lowest BCUT2D eigenvalue weighted by Gasteiger charge is -2.47. The van der Waals surface area contributed by atoms with E-state index in [9.17, 15) is 27.1 Å². The summed E-state index contributed by atoms with van der Waals surface area (Å²) in [7, 11) is 0. The van der Waals surface area contributed by atoms with Crippen molar-refractivity contribution < 1.29 is 27.1 Å². The molecule has 1 aromatic carbocycles. The zero-order chi connectivity index (χ0) is 13.6. The van der Waals surface area contributed by atoms with E-state index in [1.807, 2.05) is 0 Å². The highest BCUT2D eigenvalue weighted by atomic mass is 19.4. The van der Waals surface area contributed by atoms with E-state index in [-0.39, 0.29) is 5.56 Å². The average molecular weight is 266 g/mol. The second kappa shape index (κ2) is 3.91. The van der Waals surface area contributed by atoms with Crippen molar-refractivity contribution in [3.63, 3.8) is 0 Å². The van der Waals surface area contributed by atoms with Crippen LogP contribution in [0.15, 0.2) is 24.3 Å². The molecule has 0 atom stereocenters. The summed E-state index contributed by atoms with van der Waals surface area (Å²) in [4.78, 5) is 0. The number of aliphatic hydroxyl groups is 1. The fraction of sp³-hybridized carbons (Fsp3) is 0.500. The lowest BCUT2D eigenvalue weighted by molar-refractivity contribution is -0.153. The van der Waals surface area contributed by atoms with Gasteiger partial charge in [0.1, 0.15) is 0 Å². The van der Waals surface area contributed by atoms with Gasteiger partial charge >= 0.3 is 6.18 Å². The minimum Gasteiger partial charge on any atom is -0.395 e. The molecule has 0 heterocycles. The maximum Gasteiger partial charge on any atom is 0.416 e. The Morgan fingerprint density at radius 3 is 2.11 bits per heavy atom. The fourth-order valence-corrected chi connectivity index (χ4v) is 2.52. The van der Waals surface area contributed by atoms with Gasteiger partial charge in [0.05, 0.1) is 12.2 Å². The van der Waals surface area contributed by atoms with E-state index in [1.165, 1.54) is 12.1 Å². The molecule has 1 N–H and O–H groups in total. The van der Waals surface area contributed by atoms with E-state index in [0.717, 1.165) is 12.1 Å². The standard InChI is InChI=1S/C12H11F5O/c13-11(14)5-10(6-11,7-18)8-3-1-2-4-9(8)12(15,16)17/h1-4,18H,5-7H2. The first-order valence-electron chi connectivity index (χ1n) is 5.36. The van der Waals surface area contributed by atoms with Gasteiger partial charge in [0.15, 0.2) is 0 Å². The molecule has 1 nitrogen and oxygen atoms in total. The van der Waals surface area contributed by atoms with E-state index >= 15 is 0 Å². The highest BCUT2D eigenvalue weighted by molar-refractivity contribution is 5.39. The first-order chi connectivity index (χ1) is 8.20. The van der Waals surface area contributed by atoms with Gasteiger partial charge in [-0.2, -0.15) is 13.2 Å². The van der Waals surface area contributed by atoms with Crippen molar-refractivity contribution in [1.29, 1.82) is 0 Å². The van der Waals surface area contributed by atoms with Crippen LogP contribution >= 0.6 is 0 Å². The van der Waals surface area contributed by atoms with Crippen LogP contribution in [0.3, 0.4) is 0 Å². The number of hydrogen-bond donors (Lipinski definition) is 1. The molecule has 0 unspecified atom stereocenters. The number of alkyl halides is 5. The van der Waals surface area contributed by atoms with Gasteiger partial charge in [-0.3, -0.25) is 0 Å². The van der Waals surface area contributed by atoms with Gasteiger partial charge in [-0.1, -0.05) is 18.2 Å². The Morgan fingerprint density at radius 1 is 1.11 bits per heavy atom. The number of hydrogen-bond acceptors (Lipinski definition) is 1. The van der Waals surface area contributed by atoms with Crippen LogP contribution in [0.5, 0.6) is 0 Å². The summed E-state index contributed by atoms with van der Waals surface area (Å²) in [6.07, 6.45) is -6.10. The molecule has 0 saturated heterocycles. The predicted molar refractivity (Wildman–Crippen MR) is 54.4 cm³/mol. The summed E-state index contributed by atoms with van der Waals surface area (Å²) in [5, 5.41) is 9.21. The lowest BCUT2D eigenvalue weighted by atomic mass is 9.61. The molecule has 1 aromatic rings. The Labute approximate surface area is 100 Å². The van der Waals surface area contributed by atoms with Crippen molar-refractivity contribution >= 4 is 0 Å². The lowest BCUT2D eigenvalue weighted by Crippen LogP contribution is -2.52. The molecule has 1 fully saturated rings. The molecule has 1 saturated carbocycles. The highest BCUT2D eigenvalue weighted by Gasteiger charge is 2.58. The number of benzene rings is 1. The second-order valence-electron chi connectivity index (χ2n) is 4.69. The van der Waals surface area contributed by atoms with Crippen molar-refractivity contribution in [2.75, 3.05) is 6.61 Å². The molecule has 2 rings (SSSR count). The summed E-state index contributed by atoms with van der Waals surface area (Å²) in [5.41, 5.74) is -2.67. The zero-order valence-corrected chi connectivity index (χ0v) is 9.27. The smallest absolute Gasteiger partial charge is 0.395 e. The van der Waals surface area contributed by atoms with Gasteiger partial charge < -0.3 is 5.11 Å². The van der Waals surface area contributed by atoms with E-state index < -0.39 is 42.5 Å². The second-order valence-corrected chi connectivity index (χ2v) is 4.69.